The molecule has 1 aliphatic carbocycles. The summed E-state index contributed by atoms with van der Waals surface area (Å²) in [4.78, 5) is 88.1. The standard InChI is InChI=1S/C55H59N3O14/c1-52(2,3)69-42(61)26-24-39(31-59)57-48(62)35-18-14-15-33(27-35)29-56-51(65)54-28-40-43-44(71-55(70-43,37-19-8-6-9-20-37)38-21-10-7-11-22-38)46(54)72-58(45(54)49(63)67-40)30-36-17-13-12-16-34(36)23-25-41(60)68-47-50(64)66-32-53(47,4)5/h6-23,25,27,39-40,43-47,59H,24,26,28-32H2,1-5H3,(H,56,65)(H,57,62). The Labute approximate surface area is 417 Å². The largest absolute Gasteiger partial charge is 0.462 e. The summed E-state index contributed by atoms with van der Waals surface area (Å²) >= 11 is 0. The monoisotopic (exact) mass is 985 g/mol. The SMILES string of the molecule is CC(C)(C)OC(=O)CCC(CO)NC(=O)c1cccc(CNC(=O)C23CC4OC(=O)C2N(Cc2ccccc2C=CC(=O)OC2C(=O)OCC2(C)C)OC3C2OC(c3ccccc3)(c3ccccc3)OC42)c1. The first-order chi connectivity index (χ1) is 34.4. The topological polar surface area (TPSA) is 215 Å². The van der Waals surface area contributed by atoms with E-state index in [0.717, 1.165) is 0 Å². The van der Waals surface area contributed by atoms with Crippen LogP contribution in [0.1, 0.15) is 92.1 Å². The second-order valence-electron chi connectivity index (χ2n) is 20.5. The van der Waals surface area contributed by atoms with Crippen molar-refractivity contribution in [1.82, 2.24) is 15.7 Å². The predicted molar refractivity (Wildman–Crippen MR) is 256 cm³/mol. The number of nitrogens with zero attached hydrogens (tertiary/aromatic N) is 1. The van der Waals surface area contributed by atoms with Gasteiger partial charge in [-0.3, -0.25) is 24.0 Å². The molecule has 4 heterocycles. The lowest BCUT2D eigenvalue weighted by molar-refractivity contribution is -0.213. The number of aliphatic hydroxyl groups is 1. The van der Waals surface area contributed by atoms with Gasteiger partial charge in [-0.2, -0.15) is 5.06 Å². The van der Waals surface area contributed by atoms with Crippen LogP contribution < -0.4 is 10.6 Å². The Bertz CT molecular complexity index is 2700. The number of hydrogen-bond acceptors (Lipinski definition) is 15. The Morgan fingerprint density at radius 3 is 2.22 bits per heavy atom. The zero-order valence-electron chi connectivity index (χ0n) is 40.7. The number of aliphatic hydroxyl groups excluding tert-OH is 1. The van der Waals surface area contributed by atoms with E-state index in [9.17, 15) is 29.1 Å². The summed E-state index contributed by atoms with van der Waals surface area (Å²) in [7, 11) is 0. The van der Waals surface area contributed by atoms with E-state index >= 15 is 4.79 Å². The lowest BCUT2D eigenvalue weighted by Gasteiger charge is -2.48. The molecule has 5 fully saturated rings. The molecule has 3 N–H and O–H groups in total. The number of hydrogen-bond donors (Lipinski definition) is 3. The molecule has 5 aliphatic rings. The van der Waals surface area contributed by atoms with Crippen LogP contribution in [0.5, 0.6) is 0 Å². The second-order valence-corrected chi connectivity index (χ2v) is 20.5. The fourth-order valence-electron chi connectivity index (χ4n) is 10.3. The quantitative estimate of drug-likeness (QED) is 0.0747. The lowest BCUT2D eigenvalue weighted by Crippen LogP contribution is -2.69. The molecule has 0 spiro atoms. The number of fused-ring (bicyclic) bond motifs is 4. The normalized spacial score (nSPS) is 26.2. The molecule has 4 aliphatic heterocycles. The Balaban J connectivity index is 0.998. The van der Waals surface area contributed by atoms with Crippen LogP contribution in [0.2, 0.25) is 0 Å². The number of esters is 4. The minimum atomic E-state index is -1.59. The molecule has 4 aromatic rings. The van der Waals surface area contributed by atoms with Crippen LogP contribution >= 0.6 is 0 Å². The maximum absolute atomic E-state index is 15.3. The van der Waals surface area contributed by atoms with Crippen molar-refractivity contribution >= 4 is 41.8 Å². The Morgan fingerprint density at radius 1 is 0.875 bits per heavy atom. The van der Waals surface area contributed by atoms with Crippen LogP contribution in [-0.4, -0.2) is 107 Å². The lowest BCUT2D eigenvalue weighted by atomic mass is 9.62. The second kappa shape index (κ2) is 20.0. The average molecular weight is 986 g/mol. The third-order valence-electron chi connectivity index (χ3n) is 13.7. The van der Waals surface area contributed by atoms with Crippen molar-refractivity contribution in [2.75, 3.05) is 13.2 Å². The van der Waals surface area contributed by atoms with E-state index in [4.69, 9.17) is 33.3 Å². The van der Waals surface area contributed by atoms with E-state index in [1.165, 1.54) is 11.1 Å². The number of rotatable bonds is 16. The fraction of sp³-hybridized carbons (Fsp3) is 0.418. The summed E-state index contributed by atoms with van der Waals surface area (Å²) in [6.45, 7) is 8.45. The molecule has 8 unspecified atom stereocenters. The Kier molecular flexibility index (Phi) is 14.0. The van der Waals surface area contributed by atoms with Gasteiger partial charge in [0.15, 0.2) is 6.04 Å². The molecule has 8 atom stereocenters. The fourth-order valence-corrected chi connectivity index (χ4v) is 10.3. The van der Waals surface area contributed by atoms with Gasteiger partial charge in [-0.1, -0.05) is 111 Å². The van der Waals surface area contributed by atoms with Gasteiger partial charge in [0, 0.05) is 47.6 Å². The number of ether oxygens (including phenoxy) is 6. The van der Waals surface area contributed by atoms with Gasteiger partial charge in [-0.05, 0) is 62.1 Å². The van der Waals surface area contributed by atoms with Crippen LogP contribution in [0.25, 0.3) is 6.08 Å². The highest BCUT2D eigenvalue weighted by Gasteiger charge is 2.76. The third-order valence-corrected chi connectivity index (χ3v) is 13.7. The van der Waals surface area contributed by atoms with Crippen molar-refractivity contribution in [1.29, 1.82) is 0 Å². The molecular formula is C55H59N3O14. The molecule has 9 rings (SSSR count). The third kappa shape index (κ3) is 9.91. The zero-order chi connectivity index (χ0) is 51.0. The first-order valence-corrected chi connectivity index (χ1v) is 24.2. The molecular weight excluding hydrogens is 927 g/mol. The van der Waals surface area contributed by atoms with Gasteiger partial charge in [0.2, 0.25) is 17.8 Å². The van der Waals surface area contributed by atoms with Crippen molar-refractivity contribution < 1.29 is 67.1 Å². The van der Waals surface area contributed by atoms with Gasteiger partial charge in [-0.25, -0.2) is 9.59 Å². The predicted octanol–water partition coefficient (Wildman–Crippen LogP) is 5.21. The molecule has 378 valence electrons. The molecule has 72 heavy (non-hydrogen) atoms. The highest BCUT2D eigenvalue weighted by atomic mass is 16.8. The minimum Gasteiger partial charge on any atom is -0.462 e. The molecule has 0 aromatic heterocycles. The molecule has 4 aromatic carbocycles. The van der Waals surface area contributed by atoms with E-state index in [-0.39, 0.29) is 44.5 Å². The number of benzene rings is 4. The number of nitrogens with one attached hydrogen (secondary N) is 2. The van der Waals surface area contributed by atoms with Gasteiger partial charge in [0.25, 0.3) is 5.91 Å². The summed E-state index contributed by atoms with van der Waals surface area (Å²) in [6, 6.07) is 30.6. The van der Waals surface area contributed by atoms with E-state index < -0.39 is 107 Å². The first kappa shape index (κ1) is 50.2. The van der Waals surface area contributed by atoms with Crippen molar-refractivity contribution in [2.24, 2.45) is 10.8 Å². The van der Waals surface area contributed by atoms with Crippen molar-refractivity contribution in [2.45, 2.75) is 121 Å². The average Bonchev–Trinajstić information content (AvgIpc) is 4.02. The maximum atomic E-state index is 15.3. The van der Waals surface area contributed by atoms with Crippen LogP contribution in [0.3, 0.4) is 0 Å². The van der Waals surface area contributed by atoms with Gasteiger partial charge >= 0.3 is 23.9 Å². The van der Waals surface area contributed by atoms with E-state index in [1.54, 1.807) is 89.2 Å². The van der Waals surface area contributed by atoms with Crippen LogP contribution in [-0.2, 0) is 76.1 Å². The molecule has 4 saturated heterocycles. The number of carbonyl (C=O) groups is 6. The minimum absolute atomic E-state index is 0.00792. The van der Waals surface area contributed by atoms with Crippen LogP contribution in [0.15, 0.2) is 115 Å². The molecule has 0 radical (unpaired) electrons. The first-order valence-electron chi connectivity index (χ1n) is 24.2. The number of amides is 2. The molecule has 2 bridgehead atoms. The van der Waals surface area contributed by atoms with E-state index in [0.29, 0.717) is 27.8 Å². The Hall–Kier alpha value is -6.76. The van der Waals surface area contributed by atoms with E-state index in [1.807, 2.05) is 60.7 Å². The van der Waals surface area contributed by atoms with Crippen molar-refractivity contribution in [3.8, 4) is 0 Å². The number of hydroxylamine groups is 2. The molecule has 1 saturated carbocycles. The van der Waals surface area contributed by atoms with Gasteiger partial charge in [-0.15, -0.1) is 0 Å². The summed E-state index contributed by atoms with van der Waals surface area (Å²) < 4.78 is 36.4. The van der Waals surface area contributed by atoms with Crippen molar-refractivity contribution in [3.05, 3.63) is 149 Å². The molecule has 2 amide bonds. The number of cyclic esters (lactones) is 1. The van der Waals surface area contributed by atoms with Crippen LogP contribution in [0.4, 0.5) is 0 Å². The smallest absolute Gasteiger partial charge is 0.348 e. The summed E-state index contributed by atoms with van der Waals surface area (Å²) in [5, 5.41) is 17.3. The van der Waals surface area contributed by atoms with Gasteiger partial charge in [0.1, 0.15) is 42.0 Å². The van der Waals surface area contributed by atoms with Gasteiger partial charge < -0.3 is 44.2 Å². The molecule has 17 heteroatoms. The number of carbonyl (C=O) groups excluding carboxylic acids is 6. The molecule has 17 nitrogen and oxygen atoms in total. The van der Waals surface area contributed by atoms with Crippen LogP contribution in [0, 0.1) is 10.8 Å². The summed E-state index contributed by atoms with van der Waals surface area (Å²) in [6.07, 6.45) is -1.98. The Morgan fingerprint density at radius 2 is 1.56 bits per heavy atom. The summed E-state index contributed by atoms with van der Waals surface area (Å²) in [5.74, 6) is -4.99. The summed E-state index contributed by atoms with van der Waals surface area (Å²) in [5.41, 5.74) is 0.410. The zero-order valence-corrected chi connectivity index (χ0v) is 40.7. The van der Waals surface area contributed by atoms with Gasteiger partial charge in [0.05, 0.1) is 19.2 Å². The maximum Gasteiger partial charge on any atom is 0.348 e. The van der Waals surface area contributed by atoms with Crippen molar-refractivity contribution in [3.63, 3.8) is 0 Å². The highest BCUT2D eigenvalue weighted by Crippen LogP contribution is 2.59. The van der Waals surface area contributed by atoms with E-state index in [2.05, 4.69) is 10.6 Å². The highest BCUT2D eigenvalue weighted by molar-refractivity contribution is 5.95.